The molecule has 0 atom stereocenters. The van der Waals surface area contributed by atoms with Crippen molar-refractivity contribution < 1.29 is 18.0 Å². The van der Waals surface area contributed by atoms with E-state index >= 15 is 0 Å². The van der Waals surface area contributed by atoms with Crippen molar-refractivity contribution in [2.45, 2.75) is 44.4 Å². The van der Waals surface area contributed by atoms with Crippen LogP contribution in [0.4, 0.5) is 18.0 Å². The summed E-state index contributed by atoms with van der Waals surface area (Å²) in [5.74, 6) is 0.554. The Morgan fingerprint density at radius 3 is 2.41 bits per heavy atom. The highest BCUT2D eigenvalue weighted by molar-refractivity contribution is 7.05. The highest BCUT2D eigenvalue weighted by Crippen LogP contribution is 2.55. The van der Waals surface area contributed by atoms with E-state index in [-0.39, 0.29) is 28.3 Å². The first-order valence-corrected chi connectivity index (χ1v) is 12.8. The molecule has 34 heavy (non-hydrogen) atoms. The lowest BCUT2D eigenvalue weighted by Crippen LogP contribution is -2.75. The quantitative estimate of drug-likeness (QED) is 0.669. The number of hydrazine groups is 2. The monoisotopic (exact) mass is 495 g/mol. The van der Waals surface area contributed by atoms with Crippen LogP contribution >= 0.6 is 11.5 Å². The fourth-order valence-electron chi connectivity index (χ4n) is 6.59. The second-order valence-corrected chi connectivity index (χ2v) is 12.3. The lowest BCUT2D eigenvalue weighted by Gasteiger charge is -2.64. The number of carbonyl (C=O) groups excluding carboxylic acids is 1. The molecule has 2 spiro atoms. The van der Waals surface area contributed by atoms with Gasteiger partial charge >= 0.3 is 12.2 Å². The van der Waals surface area contributed by atoms with Crippen LogP contribution in [0, 0.1) is 16.7 Å². The predicted molar refractivity (Wildman–Crippen MR) is 118 cm³/mol. The zero-order chi connectivity index (χ0) is 23.3. The van der Waals surface area contributed by atoms with Gasteiger partial charge in [-0.05, 0) is 37.2 Å². The second-order valence-electron chi connectivity index (χ2n) is 11.4. The van der Waals surface area contributed by atoms with E-state index in [0.717, 1.165) is 56.7 Å². The van der Waals surface area contributed by atoms with Crippen molar-refractivity contribution in [1.82, 2.24) is 35.0 Å². The van der Waals surface area contributed by atoms with E-state index in [4.69, 9.17) is 0 Å². The SMILES string of the molecule is O=C(N1CC2(CC(C3=CN(C4CC4)NN3)C2)C1)N1CC2(CN(Cc3sncc3C(F)(F)F)C2)C1. The molecule has 8 nitrogen and oxygen atoms in total. The van der Waals surface area contributed by atoms with Crippen LogP contribution in [0.3, 0.4) is 0 Å². The first-order valence-electron chi connectivity index (χ1n) is 12.0. The number of likely N-dealkylation sites (tertiary alicyclic amines) is 3. The van der Waals surface area contributed by atoms with Crippen LogP contribution in [0.5, 0.6) is 0 Å². The molecule has 2 saturated carbocycles. The third kappa shape index (κ3) is 3.40. The normalized spacial score (nSPS) is 27.7. The summed E-state index contributed by atoms with van der Waals surface area (Å²) in [7, 11) is 0. The van der Waals surface area contributed by atoms with Crippen LogP contribution in [0.1, 0.15) is 36.1 Å². The van der Waals surface area contributed by atoms with E-state index in [1.165, 1.54) is 18.5 Å². The average Bonchev–Trinajstić information content (AvgIpc) is 3.19. The molecule has 4 aliphatic heterocycles. The molecule has 2 N–H and O–H groups in total. The van der Waals surface area contributed by atoms with Crippen molar-refractivity contribution in [3.63, 3.8) is 0 Å². The van der Waals surface area contributed by atoms with Crippen molar-refractivity contribution in [3.05, 3.63) is 28.5 Å². The molecule has 1 aromatic rings. The highest BCUT2D eigenvalue weighted by atomic mass is 32.1. The molecule has 5 heterocycles. The molecule has 0 unspecified atom stereocenters. The number of urea groups is 1. The van der Waals surface area contributed by atoms with E-state index in [1.54, 1.807) is 0 Å². The molecule has 5 fully saturated rings. The Morgan fingerprint density at radius 1 is 1.09 bits per heavy atom. The third-order valence-corrected chi connectivity index (χ3v) is 9.21. The molecular weight excluding hydrogens is 467 g/mol. The molecule has 1 aromatic heterocycles. The lowest BCUT2D eigenvalue weighted by molar-refractivity contribution is -0.139. The molecule has 3 saturated heterocycles. The number of aromatic nitrogens is 1. The van der Waals surface area contributed by atoms with Gasteiger partial charge in [0.25, 0.3) is 0 Å². The van der Waals surface area contributed by atoms with Gasteiger partial charge in [0.2, 0.25) is 0 Å². The van der Waals surface area contributed by atoms with Gasteiger partial charge in [0.05, 0.1) is 16.6 Å². The van der Waals surface area contributed by atoms with Crippen LogP contribution in [0.2, 0.25) is 0 Å². The van der Waals surface area contributed by atoms with Gasteiger partial charge in [0, 0.05) is 80.5 Å². The van der Waals surface area contributed by atoms with E-state index in [9.17, 15) is 18.0 Å². The minimum Gasteiger partial charge on any atom is -0.323 e. The predicted octanol–water partition coefficient (Wildman–Crippen LogP) is 2.44. The average molecular weight is 496 g/mol. The first-order chi connectivity index (χ1) is 16.2. The number of rotatable bonds is 4. The minimum absolute atomic E-state index is 0.0594. The number of nitrogens with zero attached hydrogens (tertiary/aromatic N) is 5. The fourth-order valence-corrected chi connectivity index (χ4v) is 7.38. The smallest absolute Gasteiger partial charge is 0.323 e. The number of halogens is 3. The largest absolute Gasteiger partial charge is 0.419 e. The summed E-state index contributed by atoms with van der Waals surface area (Å²) in [5.41, 5.74) is 7.57. The van der Waals surface area contributed by atoms with E-state index in [0.29, 0.717) is 25.0 Å². The maximum absolute atomic E-state index is 13.1. The van der Waals surface area contributed by atoms with Crippen molar-refractivity contribution in [1.29, 1.82) is 0 Å². The molecule has 0 aromatic carbocycles. The topological polar surface area (TPSA) is 67.0 Å². The number of nitrogens with one attached hydrogen (secondary N) is 2. The minimum atomic E-state index is -4.35. The molecule has 2 aliphatic carbocycles. The van der Waals surface area contributed by atoms with Crippen molar-refractivity contribution >= 4 is 17.6 Å². The van der Waals surface area contributed by atoms with Crippen molar-refractivity contribution in [2.75, 3.05) is 39.3 Å². The van der Waals surface area contributed by atoms with E-state index in [2.05, 4.69) is 26.5 Å². The van der Waals surface area contributed by atoms with Crippen LogP contribution < -0.4 is 11.0 Å². The maximum Gasteiger partial charge on any atom is 0.419 e. The van der Waals surface area contributed by atoms with Gasteiger partial charge in [-0.25, -0.2) is 9.17 Å². The summed E-state index contributed by atoms with van der Waals surface area (Å²) >= 11 is 0.923. The summed E-state index contributed by atoms with van der Waals surface area (Å²) in [6.45, 7) is 4.88. The molecule has 184 valence electrons. The lowest BCUT2D eigenvalue weighted by atomic mass is 9.57. The molecule has 7 rings (SSSR count). The number of hydrogen-bond acceptors (Lipinski definition) is 7. The Kier molecular flexibility index (Phi) is 4.38. The van der Waals surface area contributed by atoms with Crippen molar-refractivity contribution in [2.24, 2.45) is 16.7 Å². The molecule has 6 aliphatic rings. The van der Waals surface area contributed by atoms with Crippen molar-refractivity contribution in [3.8, 4) is 0 Å². The van der Waals surface area contributed by atoms with Crippen LogP contribution in [-0.2, 0) is 12.7 Å². The summed E-state index contributed by atoms with van der Waals surface area (Å²) in [4.78, 5) is 19.1. The maximum atomic E-state index is 13.1. The van der Waals surface area contributed by atoms with Crippen LogP contribution in [0.25, 0.3) is 0 Å². The zero-order valence-corrected chi connectivity index (χ0v) is 19.6. The Bertz CT molecular complexity index is 1030. The molecular formula is C22H28F3N7OS. The van der Waals surface area contributed by atoms with Gasteiger partial charge in [0.15, 0.2) is 0 Å². The molecule has 2 amide bonds. The molecule has 12 heteroatoms. The van der Waals surface area contributed by atoms with Gasteiger partial charge in [-0.15, -0.1) is 5.53 Å². The number of amides is 2. The van der Waals surface area contributed by atoms with Crippen LogP contribution in [-0.4, -0.2) is 75.4 Å². The van der Waals surface area contributed by atoms with Gasteiger partial charge in [-0.1, -0.05) is 0 Å². The van der Waals surface area contributed by atoms with Crippen LogP contribution in [0.15, 0.2) is 18.1 Å². The molecule has 0 bridgehead atoms. The Hall–Kier alpha value is -2.05. The second kappa shape index (κ2) is 7.01. The number of alkyl halides is 3. The fraction of sp³-hybridized carbons (Fsp3) is 0.727. The Morgan fingerprint density at radius 2 is 1.76 bits per heavy atom. The number of carbonyl (C=O) groups is 1. The standard InChI is InChI=1S/C22H28F3N7OS/c23-22(24,25)16-5-26-34-18(16)7-29-8-21(9-29)12-31(13-21)19(33)30-10-20(11-30)3-14(4-20)17-6-32(28-27-17)15-1-2-15/h5-6,14-15,27-28H,1-4,7-13H2. The highest BCUT2D eigenvalue weighted by Gasteiger charge is 2.58. The number of hydrogen-bond donors (Lipinski definition) is 2. The third-order valence-electron chi connectivity index (χ3n) is 8.43. The summed E-state index contributed by atoms with van der Waals surface area (Å²) in [5, 5.41) is 2.19. The van der Waals surface area contributed by atoms with Gasteiger partial charge in [-0.2, -0.15) is 13.2 Å². The number of allylic oxidation sites excluding steroid dienone is 1. The first kappa shape index (κ1) is 21.3. The Labute approximate surface area is 199 Å². The van der Waals surface area contributed by atoms with Gasteiger partial charge < -0.3 is 15.2 Å². The summed E-state index contributed by atoms with van der Waals surface area (Å²) in [6.07, 6.45) is 3.56. The summed E-state index contributed by atoms with van der Waals surface area (Å²) in [6, 6.07) is 0.767. The van der Waals surface area contributed by atoms with E-state index < -0.39 is 11.7 Å². The van der Waals surface area contributed by atoms with Gasteiger partial charge in [0.1, 0.15) is 0 Å². The zero-order valence-electron chi connectivity index (χ0n) is 18.8. The molecule has 0 radical (unpaired) electrons. The van der Waals surface area contributed by atoms with E-state index in [1.807, 2.05) is 14.7 Å². The summed E-state index contributed by atoms with van der Waals surface area (Å²) < 4.78 is 42.9. The Balaban J connectivity index is 0.848. The van der Waals surface area contributed by atoms with Gasteiger partial charge in [-0.3, -0.25) is 9.91 Å².